The lowest BCUT2D eigenvalue weighted by Gasteiger charge is -2.17. The van der Waals surface area contributed by atoms with Crippen molar-refractivity contribution >= 4 is 22.5 Å². The van der Waals surface area contributed by atoms with Gasteiger partial charge in [0.25, 0.3) is 0 Å². The minimum absolute atomic E-state index is 0.193. The molecule has 1 aliphatic heterocycles. The molecule has 6 heteroatoms. The van der Waals surface area contributed by atoms with E-state index in [-0.39, 0.29) is 5.91 Å². The van der Waals surface area contributed by atoms with Crippen molar-refractivity contribution in [2.24, 2.45) is 0 Å². The fourth-order valence-corrected chi connectivity index (χ4v) is 5.68. The average molecular weight is 508 g/mol. The summed E-state index contributed by atoms with van der Waals surface area (Å²) in [5.74, 6) is 0.599. The van der Waals surface area contributed by atoms with Gasteiger partial charge in [-0.05, 0) is 93.7 Å². The zero-order valence-electron chi connectivity index (χ0n) is 22.8. The smallest absolute Gasteiger partial charge is 0.247 e. The van der Waals surface area contributed by atoms with Crippen LogP contribution in [0.1, 0.15) is 48.0 Å². The number of amides is 1. The van der Waals surface area contributed by atoms with E-state index in [2.05, 4.69) is 83.8 Å². The van der Waals surface area contributed by atoms with Gasteiger partial charge in [0.05, 0.1) is 5.69 Å². The van der Waals surface area contributed by atoms with Crippen LogP contribution in [0.2, 0.25) is 0 Å². The first kappa shape index (κ1) is 25.9. The number of aryl methyl sites for hydroxylation is 3. The summed E-state index contributed by atoms with van der Waals surface area (Å²) >= 11 is 0. The van der Waals surface area contributed by atoms with Crippen LogP contribution in [0.5, 0.6) is 0 Å². The van der Waals surface area contributed by atoms with Crippen LogP contribution in [0.25, 0.3) is 22.2 Å². The molecule has 1 aliphatic rings. The van der Waals surface area contributed by atoms with Gasteiger partial charge >= 0.3 is 0 Å². The molecular weight excluding hydrogens is 470 g/mol. The first-order valence-corrected chi connectivity index (χ1v) is 13.6. The second-order valence-corrected chi connectivity index (χ2v) is 10.4. The fourth-order valence-electron chi connectivity index (χ4n) is 5.68. The molecular formula is C32H37N5O. The van der Waals surface area contributed by atoms with E-state index in [4.69, 9.17) is 4.98 Å². The third-order valence-corrected chi connectivity index (χ3v) is 7.49. The third-order valence-electron chi connectivity index (χ3n) is 7.49. The zero-order valence-corrected chi connectivity index (χ0v) is 22.8. The molecule has 5 rings (SSSR count). The topological polar surface area (TPSA) is 63.1 Å². The second kappa shape index (κ2) is 11.3. The molecule has 0 saturated heterocycles. The van der Waals surface area contributed by atoms with Crippen molar-refractivity contribution in [3.8, 4) is 11.3 Å². The SMILES string of the molecule is C=CC(=O)Nc1cc(Cc2nccc(-c3c4n(c5ccccc35)CCC4)n2)c(CC)cc1CCCN(C)C. The van der Waals surface area contributed by atoms with E-state index in [1.54, 1.807) is 0 Å². The van der Waals surface area contributed by atoms with Crippen LogP contribution in [0.4, 0.5) is 5.69 Å². The minimum Gasteiger partial charge on any atom is -0.344 e. The van der Waals surface area contributed by atoms with E-state index in [9.17, 15) is 4.79 Å². The highest BCUT2D eigenvalue weighted by molar-refractivity contribution is 5.99. The lowest BCUT2D eigenvalue weighted by atomic mass is 9.95. The predicted octanol–water partition coefficient (Wildman–Crippen LogP) is 5.82. The van der Waals surface area contributed by atoms with E-state index < -0.39 is 0 Å². The number of rotatable bonds is 10. The summed E-state index contributed by atoms with van der Waals surface area (Å²) in [7, 11) is 4.17. The van der Waals surface area contributed by atoms with Crippen LogP contribution >= 0.6 is 0 Å². The number of carbonyl (C=O) groups is 1. The Labute approximate surface area is 225 Å². The van der Waals surface area contributed by atoms with Gasteiger partial charge in [0, 0.05) is 47.0 Å². The van der Waals surface area contributed by atoms with Gasteiger partial charge in [0.1, 0.15) is 5.82 Å². The van der Waals surface area contributed by atoms with Crippen molar-refractivity contribution < 1.29 is 4.79 Å². The highest BCUT2D eigenvalue weighted by Gasteiger charge is 2.23. The van der Waals surface area contributed by atoms with Crippen molar-refractivity contribution in [2.75, 3.05) is 26.0 Å². The Balaban J connectivity index is 1.50. The minimum atomic E-state index is -0.193. The molecule has 0 radical (unpaired) electrons. The van der Waals surface area contributed by atoms with Crippen LogP contribution in [0.3, 0.4) is 0 Å². The highest BCUT2D eigenvalue weighted by atomic mass is 16.1. The molecule has 3 heterocycles. The summed E-state index contributed by atoms with van der Waals surface area (Å²) in [6, 6.07) is 15.0. The lowest BCUT2D eigenvalue weighted by Crippen LogP contribution is -2.15. The van der Waals surface area contributed by atoms with Crippen LogP contribution in [0, 0.1) is 0 Å². The monoisotopic (exact) mass is 507 g/mol. The quantitative estimate of drug-likeness (QED) is 0.275. The Bertz CT molecular complexity index is 1480. The third kappa shape index (κ3) is 5.27. The molecule has 0 aliphatic carbocycles. The molecule has 196 valence electrons. The van der Waals surface area contributed by atoms with Gasteiger partial charge in [-0.25, -0.2) is 9.97 Å². The normalized spacial score (nSPS) is 12.7. The second-order valence-electron chi connectivity index (χ2n) is 10.4. The van der Waals surface area contributed by atoms with Crippen LogP contribution in [-0.2, 0) is 37.0 Å². The van der Waals surface area contributed by atoms with Crippen molar-refractivity contribution in [2.45, 2.75) is 52.0 Å². The Hall–Kier alpha value is -3.77. The molecule has 2 aromatic heterocycles. The van der Waals surface area contributed by atoms with Gasteiger partial charge in [0.2, 0.25) is 5.91 Å². The van der Waals surface area contributed by atoms with Gasteiger partial charge in [0.15, 0.2) is 0 Å². The summed E-state index contributed by atoms with van der Waals surface area (Å²) < 4.78 is 2.45. The van der Waals surface area contributed by atoms with Crippen molar-refractivity contribution in [1.82, 2.24) is 19.4 Å². The molecule has 0 spiro atoms. The largest absolute Gasteiger partial charge is 0.344 e. The van der Waals surface area contributed by atoms with E-state index in [1.807, 2.05) is 12.3 Å². The number of fused-ring (bicyclic) bond motifs is 3. The molecule has 0 atom stereocenters. The summed E-state index contributed by atoms with van der Waals surface area (Å²) in [5, 5.41) is 4.31. The Kier molecular flexibility index (Phi) is 7.70. The number of hydrogen-bond acceptors (Lipinski definition) is 4. The summed E-state index contributed by atoms with van der Waals surface area (Å²) in [4.78, 5) is 24.2. The summed E-state index contributed by atoms with van der Waals surface area (Å²) in [6.07, 6.45) is 8.89. The van der Waals surface area contributed by atoms with Crippen LogP contribution < -0.4 is 5.32 Å². The maximum atomic E-state index is 12.3. The standard InChI is InChI=1S/C32H37N5O/c1-5-22-19-23(11-9-17-36(3)4)27(35-31(38)6-2)20-24(22)21-30-33-16-15-26(34-30)32-25-12-7-8-13-28(25)37-18-10-14-29(32)37/h6-8,12-13,15-16,19-20H,2,5,9-11,14,17-18,21H2,1,3-4H3,(H,35,38). The van der Waals surface area contributed by atoms with Gasteiger partial charge < -0.3 is 14.8 Å². The van der Waals surface area contributed by atoms with Crippen molar-refractivity contribution in [3.63, 3.8) is 0 Å². The van der Waals surface area contributed by atoms with E-state index in [1.165, 1.54) is 40.2 Å². The molecule has 0 saturated carbocycles. The zero-order chi connectivity index (χ0) is 26.6. The first-order chi connectivity index (χ1) is 18.5. The predicted molar refractivity (Wildman–Crippen MR) is 156 cm³/mol. The number of carbonyl (C=O) groups excluding carboxylic acids is 1. The maximum absolute atomic E-state index is 12.3. The fraction of sp³-hybridized carbons (Fsp3) is 0.344. The number of para-hydroxylation sites is 1. The number of aromatic nitrogens is 3. The number of anilines is 1. The van der Waals surface area contributed by atoms with Crippen molar-refractivity contribution in [1.29, 1.82) is 0 Å². The van der Waals surface area contributed by atoms with Crippen molar-refractivity contribution in [3.05, 3.63) is 89.5 Å². The molecule has 38 heavy (non-hydrogen) atoms. The number of hydrogen-bond donors (Lipinski definition) is 1. The van der Waals surface area contributed by atoms with Gasteiger partial charge in [-0.1, -0.05) is 37.8 Å². The lowest BCUT2D eigenvalue weighted by molar-refractivity contribution is -0.111. The van der Waals surface area contributed by atoms with Crippen LogP contribution in [0.15, 0.2) is 61.3 Å². The molecule has 1 N–H and O–H groups in total. The first-order valence-electron chi connectivity index (χ1n) is 13.6. The molecule has 1 amide bonds. The van der Waals surface area contributed by atoms with Gasteiger partial charge in [-0.15, -0.1) is 0 Å². The van der Waals surface area contributed by atoms with Crippen LogP contribution in [-0.4, -0.2) is 46.0 Å². The van der Waals surface area contributed by atoms with E-state index in [0.717, 1.165) is 67.1 Å². The van der Waals surface area contributed by atoms with Gasteiger partial charge in [-0.3, -0.25) is 4.79 Å². The average Bonchev–Trinajstić information content (AvgIpc) is 3.50. The maximum Gasteiger partial charge on any atom is 0.247 e. The Morgan fingerprint density at radius 2 is 2.00 bits per heavy atom. The molecule has 0 fully saturated rings. The molecule has 0 unspecified atom stereocenters. The summed E-state index contributed by atoms with van der Waals surface area (Å²) in [5.41, 5.74) is 9.32. The number of benzene rings is 2. The molecule has 0 bridgehead atoms. The van der Waals surface area contributed by atoms with E-state index in [0.29, 0.717) is 6.42 Å². The van der Waals surface area contributed by atoms with E-state index >= 15 is 0 Å². The highest BCUT2D eigenvalue weighted by Crippen LogP contribution is 2.37. The Morgan fingerprint density at radius 3 is 2.79 bits per heavy atom. The molecule has 4 aromatic rings. The molecule has 6 nitrogen and oxygen atoms in total. The molecule has 2 aromatic carbocycles. The van der Waals surface area contributed by atoms with Gasteiger partial charge in [-0.2, -0.15) is 0 Å². The summed E-state index contributed by atoms with van der Waals surface area (Å²) in [6.45, 7) is 7.87. The Morgan fingerprint density at radius 1 is 1.16 bits per heavy atom. The number of nitrogens with one attached hydrogen (secondary N) is 1. The number of nitrogens with zero attached hydrogens (tertiary/aromatic N) is 4.